The van der Waals surface area contributed by atoms with Gasteiger partial charge in [-0.2, -0.15) is 0 Å². The number of carbonyl (C=O) groups excluding carboxylic acids is 2. The molecule has 1 amide bonds. The third-order valence-corrected chi connectivity index (χ3v) is 5.38. The lowest BCUT2D eigenvalue weighted by Gasteiger charge is -2.09. The van der Waals surface area contributed by atoms with Crippen molar-refractivity contribution in [1.82, 2.24) is 0 Å². The first-order valence-electron chi connectivity index (χ1n) is 9.28. The van der Waals surface area contributed by atoms with E-state index in [0.29, 0.717) is 27.7 Å². The molecular formula is C22H22ClN2O3S+. The minimum Gasteiger partial charge on any atom is -0.462 e. The first kappa shape index (κ1) is 21.0. The molecule has 5 nitrogen and oxygen atoms in total. The minimum absolute atomic E-state index is 0.170. The molecule has 3 N–H and O–H groups in total. The van der Waals surface area contributed by atoms with E-state index in [1.807, 2.05) is 53.2 Å². The fourth-order valence-electron chi connectivity index (χ4n) is 2.86. The third kappa shape index (κ3) is 5.67. The number of hydrogen-bond donors (Lipinski definition) is 2. The Morgan fingerprint density at radius 3 is 2.52 bits per heavy atom. The van der Waals surface area contributed by atoms with E-state index in [-0.39, 0.29) is 19.1 Å². The average molecular weight is 430 g/mol. The fraction of sp³-hybridized carbons (Fsp3) is 0.182. The summed E-state index contributed by atoms with van der Waals surface area (Å²) in [4.78, 5) is 25.0. The summed E-state index contributed by atoms with van der Waals surface area (Å²) in [7, 11) is 0. The maximum atomic E-state index is 12.6. The molecule has 0 atom stereocenters. The Morgan fingerprint density at radius 2 is 1.83 bits per heavy atom. The maximum Gasteiger partial charge on any atom is 0.341 e. The first-order valence-corrected chi connectivity index (χ1v) is 10.5. The average Bonchev–Trinajstić information content (AvgIpc) is 3.13. The van der Waals surface area contributed by atoms with Gasteiger partial charge in [0.15, 0.2) is 6.54 Å². The highest BCUT2D eigenvalue weighted by molar-refractivity contribution is 7.15. The molecule has 2 aromatic carbocycles. The minimum atomic E-state index is -0.456. The fourth-order valence-corrected chi connectivity index (χ4v) is 3.96. The van der Waals surface area contributed by atoms with Gasteiger partial charge < -0.3 is 15.4 Å². The van der Waals surface area contributed by atoms with Crippen LogP contribution in [0.4, 0.5) is 5.00 Å². The summed E-state index contributed by atoms with van der Waals surface area (Å²) in [5, 5.41) is 7.73. The largest absolute Gasteiger partial charge is 0.462 e. The SMILES string of the molecule is CCOC(=O)c1c(-c2ccc(Cl)cc2)csc1NC(=O)C[NH2+]Cc1ccccc1. The van der Waals surface area contributed by atoms with Crippen molar-refractivity contribution >= 4 is 39.8 Å². The normalized spacial score (nSPS) is 10.6. The molecule has 0 radical (unpaired) electrons. The molecule has 3 aromatic rings. The second-order valence-electron chi connectivity index (χ2n) is 6.31. The molecule has 0 saturated carbocycles. The molecule has 1 heterocycles. The van der Waals surface area contributed by atoms with Gasteiger partial charge in [-0.15, -0.1) is 11.3 Å². The number of thiophene rings is 1. The van der Waals surface area contributed by atoms with E-state index in [0.717, 1.165) is 11.1 Å². The van der Waals surface area contributed by atoms with Gasteiger partial charge in [0.05, 0.1) is 6.61 Å². The number of quaternary nitrogens is 1. The van der Waals surface area contributed by atoms with E-state index in [1.165, 1.54) is 11.3 Å². The van der Waals surface area contributed by atoms with Gasteiger partial charge in [0.1, 0.15) is 17.1 Å². The van der Waals surface area contributed by atoms with Crippen LogP contribution in [0.25, 0.3) is 11.1 Å². The van der Waals surface area contributed by atoms with Crippen molar-refractivity contribution in [1.29, 1.82) is 0 Å². The number of ether oxygens (including phenoxy) is 1. The molecule has 0 aliphatic rings. The number of hydrogen-bond acceptors (Lipinski definition) is 4. The van der Waals surface area contributed by atoms with Gasteiger partial charge in [-0.3, -0.25) is 4.79 Å². The molecule has 0 spiro atoms. The highest BCUT2D eigenvalue weighted by atomic mass is 35.5. The number of rotatable bonds is 8. The lowest BCUT2D eigenvalue weighted by Crippen LogP contribution is -2.84. The van der Waals surface area contributed by atoms with Crippen LogP contribution in [0, 0.1) is 0 Å². The van der Waals surface area contributed by atoms with E-state index < -0.39 is 5.97 Å². The topological polar surface area (TPSA) is 72.0 Å². The number of halogens is 1. The summed E-state index contributed by atoms with van der Waals surface area (Å²) in [6, 6.07) is 17.1. The lowest BCUT2D eigenvalue weighted by molar-refractivity contribution is -0.659. The highest BCUT2D eigenvalue weighted by Crippen LogP contribution is 2.36. The van der Waals surface area contributed by atoms with Gasteiger partial charge in [-0.1, -0.05) is 54.1 Å². The molecule has 7 heteroatoms. The van der Waals surface area contributed by atoms with Crippen LogP contribution in [-0.4, -0.2) is 25.0 Å². The van der Waals surface area contributed by atoms with Gasteiger partial charge in [0.25, 0.3) is 5.91 Å². The lowest BCUT2D eigenvalue weighted by atomic mass is 10.0. The predicted octanol–water partition coefficient (Wildman–Crippen LogP) is 3.95. The van der Waals surface area contributed by atoms with Crippen LogP contribution >= 0.6 is 22.9 Å². The van der Waals surface area contributed by atoms with Gasteiger partial charge >= 0.3 is 5.97 Å². The summed E-state index contributed by atoms with van der Waals surface area (Å²) in [5.74, 6) is -0.627. The first-order chi connectivity index (χ1) is 14.1. The summed E-state index contributed by atoms with van der Waals surface area (Å²) < 4.78 is 5.22. The van der Waals surface area contributed by atoms with E-state index in [9.17, 15) is 9.59 Å². The van der Waals surface area contributed by atoms with Crippen LogP contribution in [0.3, 0.4) is 0 Å². The summed E-state index contributed by atoms with van der Waals surface area (Å²) >= 11 is 7.28. The summed E-state index contributed by atoms with van der Waals surface area (Å²) in [6.45, 7) is 2.97. The number of benzene rings is 2. The Morgan fingerprint density at radius 1 is 1.10 bits per heavy atom. The van der Waals surface area contributed by atoms with Gasteiger partial charge in [-0.25, -0.2) is 4.79 Å². The van der Waals surface area contributed by atoms with Crippen LogP contribution < -0.4 is 10.6 Å². The molecule has 0 saturated heterocycles. The quantitative estimate of drug-likeness (QED) is 0.532. The smallest absolute Gasteiger partial charge is 0.341 e. The van der Waals surface area contributed by atoms with E-state index in [1.54, 1.807) is 19.1 Å². The molecule has 0 aliphatic carbocycles. The Bertz CT molecular complexity index is 971. The standard InChI is InChI=1S/C22H21ClN2O3S/c1-2-28-22(27)20-18(16-8-10-17(23)11-9-16)14-29-21(20)25-19(26)13-24-12-15-6-4-3-5-7-15/h3-11,14,24H,2,12-13H2,1H3,(H,25,26)/p+1. The van der Waals surface area contributed by atoms with Gasteiger partial charge in [0.2, 0.25) is 0 Å². The molecule has 0 unspecified atom stereocenters. The number of esters is 1. The molecule has 3 rings (SSSR count). The van der Waals surface area contributed by atoms with Crippen molar-refractivity contribution in [3.05, 3.63) is 76.1 Å². The predicted molar refractivity (Wildman–Crippen MR) is 116 cm³/mol. The third-order valence-electron chi connectivity index (χ3n) is 4.23. The zero-order valence-electron chi connectivity index (χ0n) is 16.0. The van der Waals surface area contributed by atoms with Crippen LogP contribution in [0.15, 0.2) is 60.0 Å². The van der Waals surface area contributed by atoms with Crippen LogP contribution in [-0.2, 0) is 16.1 Å². The van der Waals surface area contributed by atoms with Crippen molar-refractivity contribution in [3.63, 3.8) is 0 Å². The van der Waals surface area contributed by atoms with E-state index in [4.69, 9.17) is 16.3 Å². The Balaban J connectivity index is 1.73. The van der Waals surface area contributed by atoms with Crippen molar-refractivity contribution in [2.75, 3.05) is 18.5 Å². The highest BCUT2D eigenvalue weighted by Gasteiger charge is 2.23. The Kier molecular flexibility index (Phi) is 7.41. The van der Waals surface area contributed by atoms with Crippen molar-refractivity contribution in [2.24, 2.45) is 0 Å². The number of anilines is 1. The molecule has 0 bridgehead atoms. The number of carbonyl (C=O) groups is 2. The molecule has 29 heavy (non-hydrogen) atoms. The molecule has 0 aliphatic heterocycles. The summed E-state index contributed by atoms with van der Waals surface area (Å²) in [5.41, 5.74) is 3.07. The van der Waals surface area contributed by atoms with Crippen LogP contribution in [0.5, 0.6) is 0 Å². The monoisotopic (exact) mass is 429 g/mol. The number of amides is 1. The van der Waals surface area contributed by atoms with E-state index >= 15 is 0 Å². The van der Waals surface area contributed by atoms with Crippen LogP contribution in [0.2, 0.25) is 5.02 Å². The maximum absolute atomic E-state index is 12.6. The number of nitrogens with one attached hydrogen (secondary N) is 1. The molecule has 1 aromatic heterocycles. The van der Waals surface area contributed by atoms with E-state index in [2.05, 4.69) is 5.32 Å². The van der Waals surface area contributed by atoms with Crippen molar-refractivity contribution in [2.45, 2.75) is 13.5 Å². The molecule has 0 fully saturated rings. The summed E-state index contributed by atoms with van der Waals surface area (Å²) in [6.07, 6.45) is 0. The van der Waals surface area contributed by atoms with Gasteiger partial charge in [-0.05, 0) is 24.6 Å². The second kappa shape index (κ2) is 10.2. The Hall–Kier alpha value is -2.67. The molecule has 150 valence electrons. The number of nitrogens with two attached hydrogens (primary N) is 1. The van der Waals surface area contributed by atoms with Crippen molar-refractivity contribution in [3.8, 4) is 11.1 Å². The zero-order valence-corrected chi connectivity index (χ0v) is 17.6. The second-order valence-corrected chi connectivity index (χ2v) is 7.63. The van der Waals surface area contributed by atoms with Gasteiger partial charge in [0, 0.05) is 21.5 Å². The molecular weight excluding hydrogens is 408 g/mol. The Labute approximate surface area is 178 Å². The van der Waals surface area contributed by atoms with Crippen molar-refractivity contribution < 1.29 is 19.6 Å². The zero-order chi connectivity index (χ0) is 20.6. The van der Waals surface area contributed by atoms with Crippen LogP contribution in [0.1, 0.15) is 22.8 Å².